The van der Waals surface area contributed by atoms with Crippen LogP contribution in [0.25, 0.3) is 10.9 Å². The Morgan fingerprint density at radius 3 is 2.83 bits per heavy atom. The lowest BCUT2D eigenvalue weighted by molar-refractivity contribution is -0.118. The zero-order chi connectivity index (χ0) is 20.9. The summed E-state index contributed by atoms with van der Waals surface area (Å²) >= 11 is 3.38. The van der Waals surface area contributed by atoms with Gasteiger partial charge < -0.3 is 20.3 Å². The van der Waals surface area contributed by atoms with Crippen LogP contribution in [0.3, 0.4) is 0 Å². The summed E-state index contributed by atoms with van der Waals surface area (Å²) in [7, 11) is 0. The molecule has 0 bridgehead atoms. The largest absolute Gasteiger partial charge is 0.484 e. The first-order chi connectivity index (χ1) is 14.6. The predicted molar refractivity (Wildman–Crippen MR) is 124 cm³/mol. The summed E-state index contributed by atoms with van der Waals surface area (Å²) in [4.78, 5) is 19.5. The fraction of sp³-hybridized carbons (Fsp3) is 0.304. The van der Waals surface area contributed by atoms with Gasteiger partial charge in [-0.25, -0.2) is 4.98 Å². The van der Waals surface area contributed by atoms with E-state index in [9.17, 15) is 4.79 Å². The number of halogens is 1. The van der Waals surface area contributed by atoms with Gasteiger partial charge in [0, 0.05) is 35.2 Å². The van der Waals surface area contributed by atoms with Gasteiger partial charge in [0.2, 0.25) is 0 Å². The number of ether oxygens (including phenoxy) is 1. The highest BCUT2D eigenvalue weighted by atomic mass is 79.9. The molecule has 2 N–H and O–H groups in total. The highest BCUT2D eigenvalue weighted by Gasteiger charge is 2.13. The maximum absolute atomic E-state index is 12.3. The van der Waals surface area contributed by atoms with Crippen molar-refractivity contribution in [2.45, 2.75) is 13.3 Å². The zero-order valence-corrected chi connectivity index (χ0v) is 18.5. The third kappa shape index (κ3) is 5.09. The number of pyridine rings is 1. The third-order valence-electron chi connectivity index (χ3n) is 5.13. The van der Waals surface area contributed by atoms with E-state index in [-0.39, 0.29) is 12.5 Å². The molecule has 30 heavy (non-hydrogen) atoms. The molecule has 1 fully saturated rings. The van der Waals surface area contributed by atoms with E-state index in [0.29, 0.717) is 5.75 Å². The number of hydrogen-bond donors (Lipinski definition) is 2. The monoisotopic (exact) mass is 468 g/mol. The number of rotatable bonds is 5. The van der Waals surface area contributed by atoms with Gasteiger partial charge in [0.15, 0.2) is 6.61 Å². The second kappa shape index (κ2) is 9.45. The summed E-state index contributed by atoms with van der Waals surface area (Å²) in [6, 6.07) is 15.4. The zero-order valence-electron chi connectivity index (χ0n) is 17.0. The second-order valence-corrected chi connectivity index (χ2v) is 8.33. The van der Waals surface area contributed by atoms with Gasteiger partial charge in [0.1, 0.15) is 11.6 Å². The number of carbonyl (C=O) groups excluding carboxylic acids is 1. The van der Waals surface area contributed by atoms with Crippen molar-refractivity contribution in [1.82, 2.24) is 10.3 Å². The summed E-state index contributed by atoms with van der Waals surface area (Å²) < 4.78 is 6.51. The Morgan fingerprint density at radius 2 is 2.00 bits per heavy atom. The average molecular weight is 469 g/mol. The van der Waals surface area contributed by atoms with Crippen LogP contribution in [0.5, 0.6) is 5.75 Å². The van der Waals surface area contributed by atoms with E-state index in [1.165, 1.54) is 0 Å². The van der Waals surface area contributed by atoms with Gasteiger partial charge in [-0.15, -0.1) is 0 Å². The number of carbonyl (C=O) groups is 1. The molecule has 1 aliphatic rings. The van der Waals surface area contributed by atoms with Crippen LogP contribution in [-0.2, 0) is 4.79 Å². The van der Waals surface area contributed by atoms with Gasteiger partial charge in [0.05, 0.1) is 5.52 Å². The molecule has 0 unspecified atom stereocenters. The van der Waals surface area contributed by atoms with E-state index in [4.69, 9.17) is 9.72 Å². The summed E-state index contributed by atoms with van der Waals surface area (Å²) in [5, 5.41) is 7.38. The first-order valence-corrected chi connectivity index (χ1v) is 10.9. The maximum atomic E-state index is 12.3. The molecule has 7 heteroatoms. The van der Waals surface area contributed by atoms with Gasteiger partial charge in [0.25, 0.3) is 5.91 Å². The molecular weight excluding hydrogens is 444 g/mol. The highest BCUT2D eigenvalue weighted by molar-refractivity contribution is 9.10. The van der Waals surface area contributed by atoms with Crippen LogP contribution in [0, 0.1) is 6.92 Å². The molecule has 6 nitrogen and oxygen atoms in total. The van der Waals surface area contributed by atoms with Crippen LogP contribution in [0.4, 0.5) is 11.5 Å². The van der Waals surface area contributed by atoms with Gasteiger partial charge >= 0.3 is 0 Å². The number of benzene rings is 2. The Labute approximate surface area is 184 Å². The van der Waals surface area contributed by atoms with Crippen molar-refractivity contribution < 1.29 is 9.53 Å². The number of nitrogens with one attached hydrogen (secondary N) is 2. The minimum absolute atomic E-state index is 0.0428. The lowest BCUT2D eigenvalue weighted by atomic mass is 10.1. The van der Waals surface area contributed by atoms with Crippen molar-refractivity contribution in [1.29, 1.82) is 0 Å². The lowest BCUT2D eigenvalue weighted by Crippen LogP contribution is -2.28. The number of aryl methyl sites for hydroxylation is 1. The number of fused-ring (bicyclic) bond motifs is 1. The maximum Gasteiger partial charge on any atom is 0.262 e. The molecule has 3 aromatic rings. The Kier molecular flexibility index (Phi) is 6.50. The van der Waals surface area contributed by atoms with E-state index in [1.54, 1.807) is 0 Å². The topological polar surface area (TPSA) is 66.5 Å². The smallest absolute Gasteiger partial charge is 0.262 e. The quantitative estimate of drug-likeness (QED) is 0.589. The second-order valence-electron chi connectivity index (χ2n) is 7.41. The first-order valence-electron chi connectivity index (χ1n) is 10.1. The van der Waals surface area contributed by atoms with Crippen molar-refractivity contribution in [2.24, 2.45) is 0 Å². The lowest BCUT2D eigenvalue weighted by Gasteiger charge is -2.22. The minimum atomic E-state index is -0.198. The van der Waals surface area contributed by atoms with Crippen LogP contribution in [-0.4, -0.2) is 43.7 Å². The standard InChI is InChI=1S/C23H25BrN4O2/c1-16-13-22(28-11-2-9-25-10-12-28)27-21-8-5-18(14-20(16)21)26-23(29)15-30-19-6-3-17(24)4-7-19/h3-8,13-14,25H,2,9-12,15H2,1H3,(H,26,29). The van der Waals surface area contributed by atoms with Crippen LogP contribution in [0.1, 0.15) is 12.0 Å². The summed E-state index contributed by atoms with van der Waals surface area (Å²) in [5.74, 6) is 1.48. The normalized spacial score (nSPS) is 14.4. The molecule has 2 heterocycles. The fourth-order valence-electron chi connectivity index (χ4n) is 3.57. The molecule has 0 saturated carbocycles. The van der Waals surface area contributed by atoms with Gasteiger partial charge in [-0.05, 0) is 74.0 Å². The van der Waals surface area contributed by atoms with Crippen molar-refractivity contribution >= 4 is 44.2 Å². The number of amides is 1. The third-order valence-corrected chi connectivity index (χ3v) is 5.66. The Balaban J connectivity index is 1.44. The molecule has 1 aromatic heterocycles. The van der Waals surface area contributed by atoms with Gasteiger partial charge in [-0.2, -0.15) is 0 Å². The van der Waals surface area contributed by atoms with Crippen LogP contribution in [0.15, 0.2) is 53.0 Å². The summed E-state index contributed by atoms with van der Waals surface area (Å²) in [5.41, 5.74) is 2.82. The molecule has 2 aromatic carbocycles. The molecule has 156 valence electrons. The molecule has 1 aliphatic heterocycles. The van der Waals surface area contributed by atoms with E-state index in [2.05, 4.69) is 44.5 Å². The summed E-state index contributed by atoms with van der Waals surface area (Å²) in [6.07, 6.45) is 1.12. The van der Waals surface area contributed by atoms with Gasteiger partial charge in [-0.3, -0.25) is 4.79 Å². The molecule has 0 radical (unpaired) electrons. The van der Waals surface area contributed by atoms with E-state index >= 15 is 0 Å². The average Bonchev–Trinajstić information content (AvgIpc) is 3.03. The van der Waals surface area contributed by atoms with E-state index in [1.807, 2.05) is 42.5 Å². The summed E-state index contributed by atoms with van der Waals surface area (Å²) in [6.45, 7) is 6.05. The Bertz CT molecular complexity index is 1030. The number of aromatic nitrogens is 1. The molecule has 1 saturated heterocycles. The molecular formula is C23H25BrN4O2. The van der Waals surface area contributed by atoms with Crippen LogP contribution in [0.2, 0.25) is 0 Å². The molecule has 0 atom stereocenters. The number of nitrogens with zero attached hydrogens (tertiary/aromatic N) is 2. The predicted octanol–water partition coefficient (Wildman–Crippen LogP) is 4.12. The molecule has 0 aliphatic carbocycles. The van der Waals surface area contributed by atoms with E-state index < -0.39 is 0 Å². The van der Waals surface area contributed by atoms with Crippen molar-refractivity contribution in [3.63, 3.8) is 0 Å². The molecule has 0 spiro atoms. The van der Waals surface area contributed by atoms with Gasteiger partial charge in [-0.1, -0.05) is 15.9 Å². The van der Waals surface area contributed by atoms with Crippen LogP contribution < -0.4 is 20.3 Å². The molecule has 4 rings (SSSR count). The molecule has 1 amide bonds. The Hall–Kier alpha value is -2.64. The Morgan fingerprint density at radius 1 is 1.17 bits per heavy atom. The first kappa shape index (κ1) is 20.6. The highest BCUT2D eigenvalue weighted by Crippen LogP contribution is 2.26. The van der Waals surface area contributed by atoms with E-state index in [0.717, 1.165) is 65.0 Å². The van der Waals surface area contributed by atoms with Crippen LogP contribution >= 0.6 is 15.9 Å². The van der Waals surface area contributed by atoms with Crippen molar-refractivity contribution in [3.05, 3.63) is 58.6 Å². The number of anilines is 2. The van der Waals surface area contributed by atoms with Crippen molar-refractivity contribution in [2.75, 3.05) is 43.0 Å². The fourth-order valence-corrected chi connectivity index (χ4v) is 3.83. The SMILES string of the molecule is Cc1cc(N2CCCNCC2)nc2ccc(NC(=O)COc3ccc(Br)cc3)cc12. The van der Waals surface area contributed by atoms with Crippen molar-refractivity contribution in [3.8, 4) is 5.75 Å². The minimum Gasteiger partial charge on any atom is -0.484 e. The number of hydrogen-bond acceptors (Lipinski definition) is 5.